The number of nitrogens with two attached hydrogens (primary N) is 2. The van der Waals surface area contributed by atoms with E-state index in [1.54, 1.807) is 13.0 Å². The summed E-state index contributed by atoms with van der Waals surface area (Å²) in [5.41, 5.74) is 14.9. The number of H-pyrrole nitrogens is 1. The molecule has 0 atom stereocenters. The van der Waals surface area contributed by atoms with Crippen LogP contribution in [0, 0.1) is 0 Å². The molecule has 0 aromatic carbocycles. The van der Waals surface area contributed by atoms with E-state index < -0.39 is 11.8 Å². The summed E-state index contributed by atoms with van der Waals surface area (Å²) in [5, 5.41) is 19.5. The van der Waals surface area contributed by atoms with Crippen molar-refractivity contribution in [3.05, 3.63) is 81.8 Å². The Hall–Kier alpha value is -4.61. The van der Waals surface area contributed by atoms with Gasteiger partial charge in [-0.15, -0.1) is 15.3 Å². The van der Waals surface area contributed by atoms with Gasteiger partial charge in [0, 0.05) is 23.9 Å². The maximum atomic E-state index is 11.9. The van der Waals surface area contributed by atoms with Crippen LogP contribution in [0.4, 0.5) is 4.79 Å². The fraction of sp³-hybridized carbons (Fsp3) is 0.227. The van der Waals surface area contributed by atoms with Gasteiger partial charge in [0.2, 0.25) is 11.8 Å². The van der Waals surface area contributed by atoms with Crippen LogP contribution in [0.1, 0.15) is 44.9 Å². The van der Waals surface area contributed by atoms with Crippen molar-refractivity contribution in [2.75, 3.05) is 6.54 Å². The van der Waals surface area contributed by atoms with Crippen molar-refractivity contribution in [3.63, 3.8) is 0 Å². The van der Waals surface area contributed by atoms with E-state index in [0.717, 1.165) is 5.57 Å². The topological polar surface area (TPSA) is 191 Å². The highest BCUT2D eigenvalue weighted by atomic mass is 16.4. The number of allylic oxidation sites excluding steroid dienone is 10. The molecule has 2 aromatic rings. The van der Waals surface area contributed by atoms with Crippen molar-refractivity contribution in [1.29, 1.82) is 0 Å². The maximum absolute atomic E-state index is 11.9. The Labute approximate surface area is 194 Å². The molecule has 0 unspecified atom stereocenters. The molecule has 34 heavy (non-hydrogen) atoms. The van der Waals surface area contributed by atoms with Gasteiger partial charge in [-0.25, -0.2) is 14.7 Å². The number of carbonyl (C=O) groups excluding carboxylic acids is 1. The summed E-state index contributed by atoms with van der Waals surface area (Å²) in [6.07, 6.45) is 11.0. The Morgan fingerprint density at radius 2 is 2.03 bits per heavy atom. The highest BCUT2D eigenvalue weighted by Crippen LogP contribution is 2.29. The number of aromatic amines is 1. The standard InChI is InChI=1S/C22H26N8O4/c1-4-25-21(31)26-17(24)10-16(20-29-27-18(33-20)14-7-5-6-8-14)13(3)12(2)9-15(11-23)19-28-30-22(32)34-19/h5-7,9-11H,4,8,23-24H2,1-3H3,(H,30,32)(H2,25,26,31)/b12-9+,15-11+,16-13-,17-10+. The zero-order valence-electron chi connectivity index (χ0n) is 19.0. The van der Waals surface area contributed by atoms with Gasteiger partial charge in [0.1, 0.15) is 5.82 Å². The summed E-state index contributed by atoms with van der Waals surface area (Å²) in [6, 6.07) is -0.448. The van der Waals surface area contributed by atoms with E-state index in [1.165, 1.54) is 12.3 Å². The fourth-order valence-electron chi connectivity index (χ4n) is 3.01. The van der Waals surface area contributed by atoms with Gasteiger partial charge in [-0.2, -0.15) is 0 Å². The first-order valence-corrected chi connectivity index (χ1v) is 10.4. The number of aromatic nitrogens is 4. The molecule has 2 heterocycles. The number of nitrogens with zero attached hydrogens (tertiary/aromatic N) is 3. The van der Waals surface area contributed by atoms with E-state index in [0.29, 0.717) is 41.1 Å². The summed E-state index contributed by atoms with van der Waals surface area (Å²) in [5.74, 6) is 0.00157. The molecule has 12 nitrogen and oxygen atoms in total. The first-order chi connectivity index (χ1) is 16.3. The minimum atomic E-state index is -0.699. The van der Waals surface area contributed by atoms with Crippen molar-refractivity contribution in [2.24, 2.45) is 11.5 Å². The molecule has 0 saturated heterocycles. The van der Waals surface area contributed by atoms with Gasteiger partial charge in [0.15, 0.2) is 0 Å². The Kier molecular flexibility index (Phi) is 7.64. The molecule has 1 aliphatic carbocycles. The summed E-state index contributed by atoms with van der Waals surface area (Å²) in [4.78, 5) is 23.2. The zero-order chi connectivity index (χ0) is 24.7. The lowest BCUT2D eigenvalue weighted by atomic mass is 10.00. The number of carbonyl (C=O) groups is 1. The molecular weight excluding hydrogens is 440 g/mol. The van der Waals surface area contributed by atoms with Crippen LogP contribution in [0.3, 0.4) is 0 Å². The van der Waals surface area contributed by atoms with Crippen LogP contribution in [-0.2, 0) is 0 Å². The van der Waals surface area contributed by atoms with Crippen LogP contribution in [-0.4, -0.2) is 33.0 Å². The first-order valence-electron chi connectivity index (χ1n) is 10.4. The SMILES string of the molecule is CCNC(=O)N/C(N)=C/C(=C(C)/C(C)=C/C(=C\N)c1n[nH]c(=O)o1)c1nnc(C2=CC=CC2)o1. The summed E-state index contributed by atoms with van der Waals surface area (Å²) in [6.45, 7) is 5.85. The minimum absolute atomic E-state index is 0.0370. The normalized spacial score (nSPS) is 15.3. The van der Waals surface area contributed by atoms with Gasteiger partial charge in [0.25, 0.3) is 5.89 Å². The van der Waals surface area contributed by atoms with Crippen LogP contribution < -0.4 is 27.9 Å². The van der Waals surface area contributed by atoms with Gasteiger partial charge >= 0.3 is 11.8 Å². The molecule has 178 valence electrons. The lowest BCUT2D eigenvalue weighted by molar-refractivity contribution is 0.244. The molecule has 3 rings (SSSR count). The smallest absolute Gasteiger partial charge is 0.416 e. The van der Waals surface area contributed by atoms with Crippen LogP contribution in [0.5, 0.6) is 0 Å². The predicted octanol–water partition coefficient (Wildman–Crippen LogP) is 1.93. The Bertz CT molecular complexity index is 1300. The van der Waals surface area contributed by atoms with Crippen molar-refractivity contribution in [2.45, 2.75) is 27.2 Å². The van der Waals surface area contributed by atoms with Crippen molar-refractivity contribution >= 4 is 22.8 Å². The molecule has 7 N–H and O–H groups in total. The molecule has 12 heteroatoms. The molecule has 2 aromatic heterocycles. The molecule has 1 aliphatic rings. The lowest BCUT2D eigenvalue weighted by Crippen LogP contribution is -2.37. The number of hydrogen-bond acceptors (Lipinski definition) is 9. The summed E-state index contributed by atoms with van der Waals surface area (Å²) < 4.78 is 10.9. The van der Waals surface area contributed by atoms with Gasteiger partial charge < -0.3 is 25.6 Å². The van der Waals surface area contributed by atoms with Crippen molar-refractivity contribution < 1.29 is 13.6 Å². The molecule has 0 spiro atoms. The third kappa shape index (κ3) is 5.79. The predicted molar refractivity (Wildman–Crippen MR) is 126 cm³/mol. The number of nitrogens with one attached hydrogen (secondary N) is 3. The average Bonchev–Trinajstić information content (AvgIpc) is 3.57. The number of amides is 2. The van der Waals surface area contributed by atoms with Crippen molar-refractivity contribution in [3.8, 4) is 0 Å². The highest BCUT2D eigenvalue weighted by Gasteiger charge is 2.18. The van der Waals surface area contributed by atoms with Crippen LogP contribution in [0.25, 0.3) is 16.7 Å². The van der Waals surface area contributed by atoms with Gasteiger partial charge in [0.05, 0.1) is 5.57 Å². The highest BCUT2D eigenvalue weighted by molar-refractivity contribution is 5.80. The second-order valence-electron chi connectivity index (χ2n) is 7.23. The molecule has 2 amide bonds. The summed E-state index contributed by atoms with van der Waals surface area (Å²) >= 11 is 0. The van der Waals surface area contributed by atoms with E-state index in [1.807, 2.05) is 32.1 Å². The van der Waals surface area contributed by atoms with Gasteiger partial charge in [-0.05, 0) is 50.5 Å². The van der Waals surface area contributed by atoms with Crippen LogP contribution in [0.15, 0.2) is 67.2 Å². The van der Waals surface area contributed by atoms with Gasteiger partial charge in [-0.1, -0.05) is 18.2 Å². The number of hydrogen-bond donors (Lipinski definition) is 5. The molecule has 0 aliphatic heterocycles. The number of rotatable bonds is 8. The van der Waals surface area contributed by atoms with E-state index in [9.17, 15) is 9.59 Å². The van der Waals surface area contributed by atoms with Crippen LogP contribution in [0.2, 0.25) is 0 Å². The molecular formula is C22H26N8O4. The second-order valence-corrected chi connectivity index (χ2v) is 7.23. The van der Waals surface area contributed by atoms with Crippen molar-refractivity contribution in [1.82, 2.24) is 31.0 Å². The quantitative estimate of drug-likeness (QED) is 0.362. The zero-order valence-corrected chi connectivity index (χ0v) is 19.0. The van der Waals surface area contributed by atoms with Gasteiger partial charge in [-0.3, -0.25) is 5.32 Å². The molecule has 0 bridgehead atoms. The largest absolute Gasteiger partial charge is 0.434 e. The second kappa shape index (κ2) is 10.8. The Morgan fingerprint density at radius 1 is 1.24 bits per heavy atom. The maximum Gasteiger partial charge on any atom is 0.434 e. The van der Waals surface area contributed by atoms with E-state index >= 15 is 0 Å². The van der Waals surface area contributed by atoms with E-state index in [4.69, 9.17) is 20.3 Å². The Balaban J connectivity index is 2.03. The Morgan fingerprint density at radius 3 is 2.65 bits per heavy atom. The third-order valence-corrected chi connectivity index (χ3v) is 4.83. The average molecular weight is 467 g/mol. The number of urea groups is 1. The monoisotopic (exact) mass is 466 g/mol. The van der Waals surface area contributed by atoms with Crippen LogP contribution >= 0.6 is 0 Å². The summed E-state index contributed by atoms with van der Waals surface area (Å²) in [7, 11) is 0. The first kappa shape index (κ1) is 24.0. The fourth-order valence-corrected chi connectivity index (χ4v) is 3.01. The van der Waals surface area contributed by atoms with E-state index in [2.05, 4.69) is 31.0 Å². The van der Waals surface area contributed by atoms with E-state index in [-0.39, 0.29) is 17.6 Å². The molecule has 0 saturated carbocycles. The lowest BCUT2D eigenvalue weighted by Gasteiger charge is -2.10. The minimum Gasteiger partial charge on any atom is -0.416 e. The molecule has 0 radical (unpaired) electrons. The third-order valence-electron chi connectivity index (χ3n) is 4.83. The molecule has 0 fully saturated rings.